The van der Waals surface area contributed by atoms with Crippen molar-refractivity contribution in [3.63, 3.8) is 0 Å². The molecule has 0 amide bonds. The Labute approximate surface area is 104 Å². The van der Waals surface area contributed by atoms with Crippen LogP contribution >= 0.6 is 0 Å². The van der Waals surface area contributed by atoms with Crippen molar-refractivity contribution in [3.05, 3.63) is 0 Å². The van der Waals surface area contributed by atoms with Crippen LogP contribution in [0.15, 0.2) is 0 Å². The van der Waals surface area contributed by atoms with Crippen molar-refractivity contribution in [3.8, 4) is 0 Å². The van der Waals surface area contributed by atoms with E-state index < -0.39 is 0 Å². The third-order valence-corrected chi connectivity index (χ3v) is 4.75. The Kier molecular flexibility index (Phi) is 3.69. The molecule has 0 radical (unpaired) electrons. The zero-order chi connectivity index (χ0) is 11.6. The van der Waals surface area contributed by atoms with Gasteiger partial charge in [-0.25, -0.2) is 0 Å². The van der Waals surface area contributed by atoms with Gasteiger partial charge in [-0.3, -0.25) is 0 Å². The summed E-state index contributed by atoms with van der Waals surface area (Å²) in [5, 5.41) is 3.42. The number of nitrogens with one attached hydrogen (secondary N) is 1. The SMILES string of the molecule is C1CC2(C1)CC(OCCC1CCNC1)CCO2. The van der Waals surface area contributed by atoms with Crippen molar-refractivity contribution in [1.82, 2.24) is 5.32 Å². The van der Waals surface area contributed by atoms with E-state index in [2.05, 4.69) is 5.32 Å². The van der Waals surface area contributed by atoms with E-state index in [1.54, 1.807) is 0 Å². The molecule has 0 aromatic heterocycles. The van der Waals surface area contributed by atoms with Crippen LogP contribution in [-0.4, -0.2) is 38.0 Å². The summed E-state index contributed by atoms with van der Waals surface area (Å²) in [5.74, 6) is 0.854. The molecule has 1 saturated carbocycles. The van der Waals surface area contributed by atoms with Crippen LogP contribution in [0.3, 0.4) is 0 Å². The van der Waals surface area contributed by atoms with E-state index in [4.69, 9.17) is 9.47 Å². The van der Waals surface area contributed by atoms with E-state index in [0.29, 0.717) is 6.10 Å². The number of rotatable bonds is 4. The Morgan fingerprint density at radius 2 is 2.24 bits per heavy atom. The topological polar surface area (TPSA) is 30.5 Å². The van der Waals surface area contributed by atoms with Crippen molar-refractivity contribution >= 4 is 0 Å². The molecule has 2 atom stereocenters. The van der Waals surface area contributed by atoms with Crippen LogP contribution in [0.5, 0.6) is 0 Å². The Balaban J connectivity index is 1.36. The Morgan fingerprint density at radius 3 is 2.94 bits per heavy atom. The highest BCUT2D eigenvalue weighted by Gasteiger charge is 2.42. The first-order valence-electron chi connectivity index (χ1n) is 7.33. The molecular formula is C14H25NO2. The molecule has 0 bridgehead atoms. The van der Waals surface area contributed by atoms with Gasteiger partial charge in [-0.05, 0) is 57.5 Å². The molecule has 0 aromatic rings. The molecule has 3 aliphatic rings. The van der Waals surface area contributed by atoms with E-state index in [-0.39, 0.29) is 5.60 Å². The van der Waals surface area contributed by atoms with Crippen molar-refractivity contribution in [2.24, 2.45) is 5.92 Å². The summed E-state index contributed by atoms with van der Waals surface area (Å²) in [5.41, 5.74) is 0.234. The van der Waals surface area contributed by atoms with Crippen molar-refractivity contribution < 1.29 is 9.47 Å². The van der Waals surface area contributed by atoms with Crippen LogP contribution in [-0.2, 0) is 9.47 Å². The highest BCUT2D eigenvalue weighted by molar-refractivity contribution is 4.94. The maximum Gasteiger partial charge on any atom is 0.0707 e. The lowest BCUT2D eigenvalue weighted by molar-refractivity contribution is -0.169. The van der Waals surface area contributed by atoms with Gasteiger partial charge in [-0.2, -0.15) is 0 Å². The monoisotopic (exact) mass is 239 g/mol. The zero-order valence-corrected chi connectivity index (χ0v) is 10.7. The van der Waals surface area contributed by atoms with Gasteiger partial charge < -0.3 is 14.8 Å². The maximum absolute atomic E-state index is 6.07. The molecule has 3 heteroatoms. The molecule has 98 valence electrons. The largest absolute Gasteiger partial charge is 0.378 e. The molecule has 2 saturated heterocycles. The first-order chi connectivity index (χ1) is 8.36. The van der Waals surface area contributed by atoms with Crippen molar-refractivity contribution in [1.29, 1.82) is 0 Å². The quantitative estimate of drug-likeness (QED) is 0.815. The van der Waals surface area contributed by atoms with Crippen LogP contribution < -0.4 is 5.32 Å². The summed E-state index contributed by atoms with van der Waals surface area (Å²) < 4.78 is 12.0. The molecule has 2 unspecified atom stereocenters. The molecule has 1 aliphatic carbocycles. The molecular weight excluding hydrogens is 214 g/mol. The lowest BCUT2D eigenvalue weighted by Gasteiger charge is -2.47. The second-order valence-corrected chi connectivity index (χ2v) is 6.02. The standard InChI is InChI=1S/C14H25NO2/c1-5-14(6-1)10-13(4-9-17-14)16-8-3-12-2-7-15-11-12/h12-13,15H,1-11H2. The van der Waals surface area contributed by atoms with Gasteiger partial charge in [-0.1, -0.05) is 0 Å². The highest BCUT2D eigenvalue weighted by atomic mass is 16.5. The van der Waals surface area contributed by atoms with Crippen LogP contribution in [0.25, 0.3) is 0 Å². The van der Waals surface area contributed by atoms with E-state index in [0.717, 1.165) is 32.0 Å². The average molecular weight is 239 g/mol. The van der Waals surface area contributed by atoms with Crippen molar-refractivity contribution in [2.75, 3.05) is 26.3 Å². The van der Waals surface area contributed by atoms with Crippen LogP contribution in [0.2, 0.25) is 0 Å². The first-order valence-corrected chi connectivity index (χ1v) is 7.33. The van der Waals surface area contributed by atoms with Gasteiger partial charge in [0.25, 0.3) is 0 Å². The van der Waals surface area contributed by atoms with Gasteiger partial charge in [0.05, 0.1) is 11.7 Å². The summed E-state index contributed by atoms with van der Waals surface area (Å²) in [6, 6.07) is 0. The normalized spacial score (nSPS) is 36.0. The number of hydrogen-bond donors (Lipinski definition) is 1. The van der Waals surface area contributed by atoms with Gasteiger partial charge in [0, 0.05) is 19.6 Å². The predicted molar refractivity (Wildman–Crippen MR) is 67.1 cm³/mol. The predicted octanol–water partition coefficient (Wildman–Crippen LogP) is 2.10. The minimum Gasteiger partial charge on any atom is -0.378 e. The lowest BCUT2D eigenvalue weighted by Crippen LogP contribution is -2.47. The molecule has 17 heavy (non-hydrogen) atoms. The average Bonchev–Trinajstić information content (AvgIpc) is 2.80. The summed E-state index contributed by atoms with van der Waals surface area (Å²) >= 11 is 0. The Hall–Kier alpha value is -0.120. The fourth-order valence-corrected chi connectivity index (χ4v) is 3.41. The van der Waals surface area contributed by atoms with E-state index >= 15 is 0 Å². The fraction of sp³-hybridized carbons (Fsp3) is 1.00. The third kappa shape index (κ3) is 2.83. The lowest BCUT2D eigenvalue weighted by atomic mass is 9.74. The van der Waals surface area contributed by atoms with Crippen LogP contribution in [0, 0.1) is 5.92 Å². The Morgan fingerprint density at radius 1 is 1.29 bits per heavy atom. The van der Waals surface area contributed by atoms with Gasteiger partial charge >= 0.3 is 0 Å². The molecule has 1 spiro atoms. The third-order valence-electron chi connectivity index (χ3n) is 4.75. The van der Waals surface area contributed by atoms with Crippen LogP contribution in [0.1, 0.15) is 44.9 Å². The van der Waals surface area contributed by atoms with Gasteiger partial charge in [0.2, 0.25) is 0 Å². The number of hydrogen-bond acceptors (Lipinski definition) is 3. The van der Waals surface area contributed by atoms with Gasteiger partial charge in [-0.15, -0.1) is 0 Å². The Bertz CT molecular complexity index is 247. The highest BCUT2D eigenvalue weighted by Crippen LogP contribution is 2.42. The first kappa shape index (κ1) is 11.9. The molecule has 3 fully saturated rings. The summed E-state index contributed by atoms with van der Waals surface area (Å²) in [7, 11) is 0. The maximum atomic E-state index is 6.07. The molecule has 3 nitrogen and oxygen atoms in total. The molecule has 2 heterocycles. The molecule has 2 aliphatic heterocycles. The summed E-state index contributed by atoms with van der Waals surface area (Å²) in [4.78, 5) is 0. The fourth-order valence-electron chi connectivity index (χ4n) is 3.41. The minimum absolute atomic E-state index is 0.234. The minimum atomic E-state index is 0.234. The zero-order valence-electron chi connectivity index (χ0n) is 10.7. The van der Waals surface area contributed by atoms with Crippen LogP contribution in [0.4, 0.5) is 0 Å². The second-order valence-electron chi connectivity index (χ2n) is 6.02. The van der Waals surface area contributed by atoms with E-state index in [9.17, 15) is 0 Å². The van der Waals surface area contributed by atoms with Gasteiger partial charge in [0.1, 0.15) is 0 Å². The second kappa shape index (κ2) is 5.25. The molecule has 1 N–H and O–H groups in total. The van der Waals surface area contributed by atoms with Crippen molar-refractivity contribution in [2.45, 2.75) is 56.7 Å². The van der Waals surface area contributed by atoms with Gasteiger partial charge in [0.15, 0.2) is 0 Å². The van der Waals surface area contributed by atoms with E-state index in [1.807, 2.05) is 0 Å². The van der Waals surface area contributed by atoms with E-state index in [1.165, 1.54) is 45.2 Å². The molecule has 0 aromatic carbocycles. The summed E-state index contributed by atoms with van der Waals surface area (Å²) in [6.45, 7) is 4.26. The molecule has 3 rings (SSSR count). The number of ether oxygens (including phenoxy) is 2. The smallest absolute Gasteiger partial charge is 0.0707 e. The summed E-state index contributed by atoms with van der Waals surface area (Å²) in [6.07, 6.45) is 9.16.